The molecule has 0 aromatic heterocycles. The van der Waals surface area contributed by atoms with Gasteiger partial charge in [-0.1, -0.05) is 25.1 Å². The first-order chi connectivity index (χ1) is 12.7. The Morgan fingerprint density at radius 3 is 2.81 bits per heavy atom. The van der Waals surface area contributed by atoms with E-state index in [0.29, 0.717) is 19.3 Å². The van der Waals surface area contributed by atoms with Crippen LogP contribution in [0.1, 0.15) is 62.7 Å². The molecule has 0 heterocycles. The van der Waals surface area contributed by atoms with Crippen molar-refractivity contribution in [3.63, 3.8) is 0 Å². The third kappa shape index (κ3) is 2.72. The minimum Gasteiger partial charge on any atom is -0.508 e. The van der Waals surface area contributed by atoms with Crippen LogP contribution in [0, 0.1) is 5.41 Å². The Morgan fingerprint density at radius 1 is 1.30 bits per heavy atom. The van der Waals surface area contributed by atoms with Crippen molar-refractivity contribution in [3.05, 3.63) is 41.5 Å². The van der Waals surface area contributed by atoms with Crippen molar-refractivity contribution in [1.82, 2.24) is 0 Å². The second-order valence-electron chi connectivity index (χ2n) is 8.32. The van der Waals surface area contributed by atoms with E-state index < -0.39 is 17.1 Å². The second-order valence-corrected chi connectivity index (χ2v) is 8.32. The smallest absolute Gasteiger partial charge is 0.302 e. The van der Waals surface area contributed by atoms with Gasteiger partial charge in [0.05, 0.1) is 18.3 Å². The van der Waals surface area contributed by atoms with E-state index in [-0.39, 0.29) is 24.2 Å². The average molecular weight is 370 g/mol. The number of ether oxygens (including phenoxy) is 1. The predicted octanol–water partition coefficient (Wildman–Crippen LogP) is 3.55. The number of rotatable bonds is 3. The molecule has 2 aliphatic carbocycles. The van der Waals surface area contributed by atoms with E-state index in [0.717, 1.165) is 28.3 Å². The summed E-state index contributed by atoms with van der Waals surface area (Å²) < 4.78 is 5.07. The fraction of sp³-hybridized carbons (Fsp3) is 0.500. The number of fused-ring (bicyclic) bond motifs is 5. The Labute approximate surface area is 158 Å². The van der Waals surface area contributed by atoms with Crippen LogP contribution in [0.4, 0.5) is 0 Å². The van der Waals surface area contributed by atoms with Gasteiger partial charge in [-0.2, -0.15) is 0 Å². The van der Waals surface area contributed by atoms with E-state index in [4.69, 9.17) is 4.74 Å². The fourth-order valence-electron chi connectivity index (χ4n) is 5.45. The molecule has 0 saturated heterocycles. The molecule has 2 aromatic carbocycles. The number of benzene rings is 2. The van der Waals surface area contributed by atoms with E-state index in [1.165, 1.54) is 6.92 Å². The lowest BCUT2D eigenvalue weighted by atomic mass is 9.59. The molecule has 0 bridgehead atoms. The maximum Gasteiger partial charge on any atom is 0.302 e. The largest absolute Gasteiger partial charge is 0.508 e. The summed E-state index contributed by atoms with van der Waals surface area (Å²) in [4.78, 5) is 11.1. The normalized spacial score (nSPS) is 32.1. The molecular weight excluding hydrogens is 344 g/mol. The molecule has 144 valence electrons. The minimum atomic E-state index is -0.976. The summed E-state index contributed by atoms with van der Waals surface area (Å²) in [5, 5.41) is 34.1. The van der Waals surface area contributed by atoms with Gasteiger partial charge in [0.1, 0.15) is 5.75 Å². The Hall–Kier alpha value is -2.11. The molecule has 27 heavy (non-hydrogen) atoms. The lowest BCUT2D eigenvalue weighted by Crippen LogP contribution is -2.48. The van der Waals surface area contributed by atoms with Gasteiger partial charge in [-0.3, -0.25) is 4.79 Å². The Balaban J connectivity index is 1.74. The highest BCUT2D eigenvalue weighted by atomic mass is 16.5. The van der Waals surface area contributed by atoms with Crippen LogP contribution in [0.15, 0.2) is 30.3 Å². The summed E-state index contributed by atoms with van der Waals surface area (Å²) in [6.45, 7) is 3.60. The summed E-state index contributed by atoms with van der Waals surface area (Å²) in [6, 6.07) is 9.22. The quantitative estimate of drug-likeness (QED) is 0.719. The summed E-state index contributed by atoms with van der Waals surface area (Å²) >= 11 is 0. The van der Waals surface area contributed by atoms with Crippen molar-refractivity contribution in [2.24, 2.45) is 5.41 Å². The number of aliphatic hydroxyl groups excluding tert-OH is 1. The van der Waals surface area contributed by atoms with Crippen LogP contribution >= 0.6 is 0 Å². The van der Waals surface area contributed by atoms with Gasteiger partial charge in [-0.05, 0) is 59.2 Å². The second kappa shape index (κ2) is 6.21. The topological polar surface area (TPSA) is 87.0 Å². The van der Waals surface area contributed by atoms with Gasteiger partial charge in [0.15, 0.2) is 0 Å². The van der Waals surface area contributed by atoms with Crippen LogP contribution in [-0.4, -0.2) is 33.5 Å². The first-order valence-electron chi connectivity index (χ1n) is 9.54. The third-order valence-corrected chi connectivity index (χ3v) is 6.90. The number of esters is 1. The van der Waals surface area contributed by atoms with Gasteiger partial charge in [-0.15, -0.1) is 0 Å². The van der Waals surface area contributed by atoms with Gasteiger partial charge in [0.2, 0.25) is 0 Å². The van der Waals surface area contributed by atoms with Gasteiger partial charge in [0, 0.05) is 18.8 Å². The summed E-state index contributed by atoms with van der Waals surface area (Å²) in [5.74, 6) is -0.00298. The number of hydrogen-bond donors (Lipinski definition) is 3. The number of carbonyl (C=O) groups is 1. The van der Waals surface area contributed by atoms with Crippen molar-refractivity contribution < 1.29 is 24.9 Å². The molecule has 3 N–H and O–H groups in total. The van der Waals surface area contributed by atoms with Crippen molar-refractivity contribution in [2.75, 3.05) is 6.61 Å². The number of carbonyl (C=O) groups excluding carboxylic acids is 1. The SMILES string of the molecule is CC(=O)OCC[C@@]1(O)CC[C@H]2c3ccc4cc(O)ccc4c3[C@@H](O)C[C@@]21C. The van der Waals surface area contributed by atoms with E-state index >= 15 is 0 Å². The molecule has 0 unspecified atom stereocenters. The van der Waals surface area contributed by atoms with Gasteiger partial charge in [-0.25, -0.2) is 0 Å². The van der Waals surface area contributed by atoms with Crippen molar-refractivity contribution in [1.29, 1.82) is 0 Å². The number of hydrogen-bond acceptors (Lipinski definition) is 5. The molecule has 5 nitrogen and oxygen atoms in total. The predicted molar refractivity (Wildman–Crippen MR) is 101 cm³/mol. The Bertz CT molecular complexity index is 907. The van der Waals surface area contributed by atoms with Crippen LogP contribution in [0.5, 0.6) is 5.75 Å². The molecule has 4 rings (SSSR count). The van der Waals surface area contributed by atoms with Crippen LogP contribution in [0.25, 0.3) is 10.8 Å². The molecule has 1 saturated carbocycles. The van der Waals surface area contributed by atoms with Gasteiger partial charge in [0.25, 0.3) is 0 Å². The molecule has 4 atom stereocenters. The molecule has 2 aromatic rings. The van der Waals surface area contributed by atoms with Crippen molar-refractivity contribution in [3.8, 4) is 5.75 Å². The molecule has 5 heteroatoms. The van der Waals surface area contributed by atoms with E-state index in [9.17, 15) is 20.1 Å². The maximum absolute atomic E-state index is 11.4. The van der Waals surface area contributed by atoms with E-state index in [1.54, 1.807) is 12.1 Å². The molecule has 0 radical (unpaired) electrons. The number of aliphatic hydroxyl groups is 2. The molecular formula is C22H26O5. The Morgan fingerprint density at radius 2 is 2.07 bits per heavy atom. The molecule has 0 amide bonds. The lowest BCUT2D eigenvalue weighted by molar-refractivity contribution is -0.145. The number of aromatic hydroxyl groups is 1. The highest BCUT2D eigenvalue weighted by Gasteiger charge is 2.59. The van der Waals surface area contributed by atoms with Crippen LogP contribution in [0.3, 0.4) is 0 Å². The fourth-order valence-corrected chi connectivity index (χ4v) is 5.45. The van der Waals surface area contributed by atoms with E-state index in [1.807, 2.05) is 25.1 Å². The molecule has 2 aliphatic rings. The van der Waals surface area contributed by atoms with Crippen LogP contribution in [-0.2, 0) is 9.53 Å². The van der Waals surface area contributed by atoms with Crippen LogP contribution < -0.4 is 0 Å². The average Bonchev–Trinajstić information content (AvgIpc) is 2.85. The highest BCUT2D eigenvalue weighted by Crippen LogP contribution is 2.64. The number of phenols is 1. The minimum absolute atomic E-state index is 0.136. The zero-order chi connectivity index (χ0) is 19.4. The zero-order valence-electron chi connectivity index (χ0n) is 15.7. The maximum atomic E-state index is 11.4. The lowest BCUT2D eigenvalue weighted by Gasteiger charge is -2.48. The monoisotopic (exact) mass is 370 g/mol. The van der Waals surface area contributed by atoms with Crippen molar-refractivity contribution >= 4 is 16.7 Å². The summed E-state index contributed by atoms with van der Waals surface area (Å²) in [6.07, 6.45) is 1.60. The zero-order valence-corrected chi connectivity index (χ0v) is 15.7. The molecule has 0 aliphatic heterocycles. The van der Waals surface area contributed by atoms with Gasteiger partial charge < -0.3 is 20.1 Å². The summed E-state index contributed by atoms with van der Waals surface area (Å²) in [7, 11) is 0. The van der Waals surface area contributed by atoms with Crippen LogP contribution in [0.2, 0.25) is 0 Å². The number of phenolic OH excluding ortho intramolecular Hbond substituents is 1. The summed E-state index contributed by atoms with van der Waals surface area (Å²) in [5.41, 5.74) is 0.539. The van der Waals surface area contributed by atoms with Gasteiger partial charge >= 0.3 is 5.97 Å². The third-order valence-electron chi connectivity index (χ3n) is 6.90. The first-order valence-corrected chi connectivity index (χ1v) is 9.54. The standard InChI is InChI=1S/C22H26O5/c1-13(23)27-10-9-22(26)8-7-18-17-5-3-14-11-15(24)4-6-16(14)20(17)19(25)12-21(18,22)2/h3-6,11,18-19,24-26H,7-10,12H2,1-2H3/t18-,19-,21-,22-/m0/s1. The van der Waals surface area contributed by atoms with E-state index in [2.05, 4.69) is 0 Å². The Kier molecular flexibility index (Phi) is 4.20. The molecule has 0 spiro atoms. The first kappa shape index (κ1) is 18.3. The van der Waals surface area contributed by atoms with Crippen molar-refractivity contribution in [2.45, 2.75) is 57.2 Å². The highest BCUT2D eigenvalue weighted by molar-refractivity contribution is 5.89. The molecule has 1 fully saturated rings.